The van der Waals surface area contributed by atoms with E-state index in [2.05, 4.69) is 15.9 Å². The lowest BCUT2D eigenvalue weighted by molar-refractivity contribution is 0.0695. The van der Waals surface area contributed by atoms with Gasteiger partial charge in [0.25, 0.3) is 0 Å². The zero-order valence-electron chi connectivity index (χ0n) is 9.36. The molecule has 0 fully saturated rings. The van der Waals surface area contributed by atoms with Crippen LogP contribution in [-0.2, 0) is 0 Å². The van der Waals surface area contributed by atoms with Crippen LogP contribution in [-0.4, -0.2) is 11.1 Å². The van der Waals surface area contributed by atoms with Crippen molar-refractivity contribution in [1.82, 2.24) is 0 Å². The van der Waals surface area contributed by atoms with Crippen LogP contribution in [0.1, 0.15) is 10.4 Å². The van der Waals surface area contributed by atoms with Crippen LogP contribution >= 0.6 is 27.7 Å². The van der Waals surface area contributed by atoms with Crippen LogP contribution in [0, 0.1) is 11.6 Å². The smallest absolute Gasteiger partial charge is 0.335 e. The third-order valence-corrected chi connectivity index (χ3v) is 4.42. The van der Waals surface area contributed by atoms with Crippen LogP contribution in [0.3, 0.4) is 0 Å². The van der Waals surface area contributed by atoms with E-state index in [1.165, 1.54) is 0 Å². The van der Waals surface area contributed by atoms with E-state index >= 15 is 0 Å². The van der Waals surface area contributed by atoms with Gasteiger partial charge in [0.15, 0.2) is 0 Å². The van der Waals surface area contributed by atoms with Crippen molar-refractivity contribution >= 4 is 33.7 Å². The topological polar surface area (TPSA) is 37.3 Å². The summed E-state index contributed by atoms with van der Waals surface area (Å²) in [5.74, 6) is -3.15. The lowest BCUT2D eigenvalue weighted by Crippen LogP contribution is -2.00. The van der Waals surface area contributed by atoms with E-state index in [1.54, 1.807) is 24.3 Å². The van der Waals surface area contributed by atoms with Crippen molar-refractivity contribution in [3.8, 4) is 0 Å². The SMILES string of the molecule is O=C(O)c1cc(F)c(Sc2ccccc2Br)c(F)c1. The minimum absolute atomic E-state index is 0.225. The normalized spacial score (nSPS) is 10.5. The Morgan fingerprint density at radius 1 is 1.16 bits per heavy atom. The van der Waals surface area contributed by atoms with Crippen LogP contribution in [0.4, 0.5) is 8.78 Å². The molecule has 1 N–H and O–H groups in total. The fourth-order valence-electron chi connectivity index (χ4n) is 1.42. The molecule has 0 heterocycles. The predicted octanol–water partition coefficient (Wildman–Crippen LogP) is 4.58. The molecule has 0 amide bonds. The standard InChI is InChI=1S/C13H7BrF2O2S/c14-8-3-1-2-4-11(8)19-12-9(15)5-7(13(17)18)6-10(12)16/h1-6H,(H,17,18). The minimum atomic E-state index is -1.37. The second-order valence-electron chi connectivity index (χ2n) is 3.61. The molecule has 98 valence electrons. The number of rotatable bonds is 3. The Balaban J connectivity index is 2.42. The maximum atomic E-state index is 13.7. The first kappa shape index (κ1) is 14.0. The van der Waals surface area contributed by atoms with Crippen LogP contribution in [0.15, 0.2) is 50.7 Å². The van der Waals surface area contributed by atoms with Crippen LogP contribution in [0.25, 0.3) is 0 Å². The van der Waals surface area contributed by atoms with Gasteiger partial charge in [-0.1, -0.05) is 23.9 Å². The molecule has 0 saturated carbocycles. The number of halogens is 3. The molecule has 0 spiro atoms. The summed E-state index contributed by atoms with van der Waals surface area (Å²) < 4.78 is 28.2. The summed E-state index contributed by atoms with van der Waals surface area (Å²) >= 11 is 4.18. The number of carboxylic acid groups (broad SMARTS) is 1. The molecular weight excluding hydrogens is 338 g/mol. The Kier molecular flexibility index (Phi) is 4.21. The number of hydrogen-bond donors (Lipinski definition) is 1. The van der Waals surface area contributed by atoms with Gasteiger partial charge in [-0.3, -0.25) is 0 Å². The summed E-state index contributed by atoms with van der Waals surface area (Å²) in [5.41, 5.74) is -0.411. The van der Waals surface area contributed by atoms with Crippen molar-refractivity contribution in [3.63, 3.8) is 0 Å². The molecule has 0 aliphatic heterocycles. The molecule has 2 aromatic rings. The molecule has 6 heteroatoms. The largest absolute Gasteiger partial charge is 0.478 e. The number of carbonyl (C=O) groups is 1. The van der Waals surface area contributed by atoms with E-state index in [0.29, 0.717) is 9.37 Å². The molecule has 19 heavy (non-hydrogen) atoms. The molecule has 0 aliphatic rings. The van der Waals surface area contributed by atoms with Gasteiger partial charge < -0.3 is 5.11 Å². The predicted molar refractivity (Wildman–Crippen MR) is 71.6 cm³/mol. The van der Waals surface area contributed by atoms with Crippen LogP contribution in [0.5, 0.6) is 0 Å². The van der Waals surface area contributed by atoms with Crippen LogP contribution in [0.2, 0.25) is 0 Å². The van der Waals surface area contributed by atoms with Crippen LogP contribution < -0.4 is 0 Å². The maximum Gasteiger partial charge on any atom is 0.335 e. The molecule has 2 nitrogen and oxygen atoms in total. The van der Waals surface area contributed by atoms with Crippen molar-refractivity contribution < 1.29 is 18.7 Å². The average Bonchev–Trinajstić information content (AvgIpc) is 2.35. The molecule has 0 aromatic heterocycles. The molecule has 0 unspecified atom stereocenters. The Hall–Kier alpha value is -1.40. The zero-order valence-corrected chi connectivity index (χ0v) is 11.8. The molecular formula is C13H7BrF2O2S. The molecule has 0 atom stereocenters. The Labute approximate surface area is 120 Å². The Bertz CT molecular complexity index is 623. The van der Waals surface area contributed by atoms with Gasteiger partial charge in [0.1, 0.15) is 11.6 Å². The van der Waals surface area contributed by atoms with Gasteiger partial charge in [0, 0.05) is 9.37 Å². The first-order valence-electron chi connectivity index (χ1n) is 5.13. The Morgan fingerprint density at radius 2 is 1.74 bits per heavy atom. The highest BCUT2D eigenvalue weighted by molar-refractivity contribution is 9.10. The van der Waals surface area contributed by atoms with Gasteiger partial charge in [0.05, 0.1) is 10.5 Å². The van der Waals surface area contributed by atoms with Gasteiger partial charge in [-0.15, -0.1) is 0 Å². The van der Waals surface area contributed by atoms with E-state index in [-0.39, 0.29) is 4.90 Å². The second-order valence-corrected chi connectivity index (χ2v) is 5.51. The zero-order chi connectivity index (χ0) is 14.0. The molecule has 2 rings (SSSR count). The molecule has 0 radical (unpaired) electrons. The minimum Gasteiger partial charge on any atom is -0.478 e. The summed E-state index contributed by atoms with van der Waals surface area (Å²) in [4.78, 5) is 11.1. The maximum absolute atomic E-state index is 13.7. The van der Waals surface area contributed by atoms with E-state index < -0.39 is 23.2 Å². The highest BCUT2D eigenvalue weighted by atomic mass is 79.9. The summed E-state index contributed by atoms with van der Waals surface area (Å²) in [5, 5.41) is 8.71. The monoisotopic (exact) mass is 344 g/mol. The van der Waals surface area contributed by atoms with E-state index in [4.69, 9.17) is 5.11 Å². The van der Waals surface area contributed by atoms with Crippen molar-refractivity contribution in [2.24, 2.45) is 0 Å². The van der Waals surface area contributed by atoms with E-state index in [9.17, 15) is 13.6 Å². The first-order chi connectivity index (χ1) is 8.99. The number of carboxylic acids is 1. The summed E-state index contributed by atoms with van der Waals surface area (Å²) in [6.45, 7) is 0. The fraction of sp³-hybridized carbons (Fsp3) is 0. The van der Waals surface area contributed by atoms with Crippen molar-refractivity contribution in [3.05, 3.63) is 58.1 Å². The van der Waals surface area contributed by atoms with E-state index in [1.807, 2.05) is 0 Å². The number of hydrogen-bond acceptors (Lipinski definition) is 2. The molecule has 0 bridgehead atoms. The first-order valence-corrected chi connectivity index (χ1v) is 6.74. The Morgan fingerprint density at radius 3 is 2.26 bits per heavy atom. The average molecular weight is 345 g/mol. The van der Waals surface area contributed by atoms with Crippen molar-refractivity contribution in [1.29, 1.82) is 0 Å². The van der Waals surface area contributed by atoms with E-state index in [0.717, 1.165) is 23.9 Å². The third-order valence-electron chi connectivity index (χ3n) is 2.29. The van der Waals surface area contributed by atoms with Gasteiger partial charge >= 0.3 is 5.97 Å². The summed E-state index contributed by atoms with van der Waals surface area (Å²) in [6, 6.07) is 8.61. The van der Waals surface area contributed by atoms with Gasteiger partial charge in [-0.2, -0.15) is 0 Å². The van der Waals surface area contributed by atoms with Gasteiger partial charge in [0.2, 0.25) is 0 Å². The van der Waals surface area contributed by atoms with Crippen molar-refractivity contribution in [2.75, 3.05) is 0 Å². The quantitative estimate of drug-likeness (QED) is 0.885. The molecule has 0 saturated heterocycles. The molecule has 2 aromatic carbocycles. The highest BCUT2D eigenvalue weighted by Gasteiger charge is 2.16. The van der Waals surface area contributed by atoms with Gasteiger partial charge in [-0.05, 0) is 40.2 Å². The second kappa shape index (κ2) is 5.71. The fourth-order valence-corrected chi connectivity index (χ4v) is 2.79. The number of benzene rings is 2. The number of aromatic carboxylic acids is 1. The third kappa shape index (κ3) is 3.13. The van der Waals surface area contributed by atoms with Gasteiger partial charge in [-0.25, -0.2) is 13.6 Å². The summed E-state index contributed by atoms with van der Waals surface area (Å²) in [7, 11) is 0. The highest BCUT2D eigenvalue weighted by Crippen LogP contribution is 2.36. The lowest BCUT2D eigenvalue weighted by atomic mass is 10.2. The summed E-state index contributed by atoms with van der Waals surface area (Å²) in [6.07, 6.45) is 0. The lowest BCUT2D eigenvalue weighted by Gasteiger charge is -2.07. The molecule has 0 aliphatic carbocycles. The van der Waals surface area contributed by atoms with Crippen molar-refractivity contribution in [2.45, 2.75) is 9.79 Å².